The third-order valence-electron chi connectivity index (χ3n) is 3.62. The van der Waals surface area contributed by atoms with E-state index in [9.17, 15) is 9.59 Å². The van der Waals surface area contributed by atoms with E-state index in [1.165, 1.54) is 6.42 Å². The molecule has 0 aliphatic heterocycles. The summed E-state index contributed by atoms with van der Waals surface area (Å²) in [4.78, 5) is 22.2. The number of aliphatic carboxylic acids is 1. The average molecular weight is 258 g/mol. The van der Waals surface area contributed by atoms with E-state index >= 15 is 0 Å². The van der Waals surface area contributed by atoms with E-state index in [-0.39, 0.29) is 18.0 Å². The van der Waals surface area contributed by atoms with Gasteiger partial charge in [0, 0.05) is 12.0 Å². The molecule has 0 saturated heterocycles. The van der Waals surface area contributed by atoms with Crippen molar-refractivity contribution in [1.29, 1.82) is 0 Å². The first kappa shape index (κ1) is 14.9. The van der Waals surface area contributed by atoms with Gasteiger partial charge in [0.1, 0.15) is 0 Å². The molecule has 0 aromatic rings. The summed E-state index contributed by atoms with van der Waals surface area (Å²) in [6.45, 7) is -0.242. The third-order valence-corrected chi connectivity index (χ3v) is 3.62. The van der Waals surface area contributed by atoms with Gasteiger partial charge in [-0.1, -0.05) is 19.3 Å². The molecular formula is C12H22N2O4. The number of rotatable bonds is 6. The Morgan fingerprint density at radius 1 is 1.28 bits per heavy atom. The molecule has 0 unspecified atom stereocenters. The molecule has 0 bridgehead atoms. The van der Waals surface area contributed by atoms with Crippen molar-refractivity contribution >= 4 is 11.9 Å². The highest BCUT2D eigenvalue weighted by atomic mass is 16.4. The van der Waals surface area contributed by atoms with Gasteiger partial charge in [0.05, 0.1) is 6.54 Å². The number of carbonyl (C=O) groups is 2. The number of hydrogen-bond donors (Lipinski definition) is 4. The van der Waals surface area contributed by atoms with Crippen LogP contribution in [0.4, 0.5) is 0 Å². The summed E-state index contributed by atoms with van der Waals surface area (Å²) in [5.41, 5.74) is -0.170. The number of aliphatic hydroxyl groups excluding tert-OH is 1. The van der Waals surface area contributed by atoms with E-state index in [0.29, 0.717) is 6.42 Å². The summed E-state index contributed by atoms with van der Waals surface area (Å²) < 4.78 is 0. The SMILES string of the molecule is CNC1(CC(=O)NC[C@H](O)C(=O)O)CCCCC1. The van der Waals surface area contributed by atoms with Gasteiger partial charge in [-0.05, 0) is 19.9 Å². The summed E-state index contributed by atoms with van der Waals surface area (Å²) in [6.07, 6.45) is 4.11. The maximum atomic E-state index is 11.7. The summed E-state index contributed by atoms with van der Waals surface area (Å²) in [6, 6.07) is 0. The van der Waals surface area contributed by atoms with Crippen LogP contribution in [0.3, 0.4) is 0 Å². The van der Waals surface area contributed by atoms with Crippen molar-refractivity contribution in [3.8, 4) is 0 Å². The number of carboxylic acid groups (broad SMARTS) is 1. The zero-order valence-electron chi connectivity index (χ0n) is 10.7. The molecule has 1 fully saturated rings. The summed E-state index contributed by atoms with van der Waals surface area (Å²) in [5.74, 6) is -1.54. The normalized spacial score (nSPS) is 20.1. The third kappa shape index (κ3) is 4.27. The van der Waals surface area contributed by atoms with E-state index in [0.717, 1.165) is 25.7 Å². The quantitative estimate of drug-likeness (QED) is 0.531. The highest BCUT2D eigenvalue weighted by Crippen LogP contribution is 2.30. The number of carboxylic acids is 1. The van der Waals surface area contributed by atoms with Crippen LogP contribution in [0, 0.1) is 0 Å². The number of carbonyl (C=O) groups excluding carboxylic acids is 1. The van der Waals surface area contributed by atoms with Crippen molar-refractivity contribution in [3.05, 3.63) is 0 Å². The lowest BCUT2D eigenvalue weighted by atomic mass is 9.79. The van der Waals surface area contributed by atoms with Gasteiger partial charge < -0.3 is 20.8 Å². The van der Waals surface area contributed by atoms with Gasteiger partial charge in [-0.2, -0.15) is 0 Å². The molecule has 1 aliphatic rings. The van der Waals surface area contributed by atoms with Gasteiger partial charge in [0.25, 0.3) is 0 Å². The fourth-order valence-electron chi connectivity index (χ4n) is 2.41. The van der Waals surface area contributed by atoms with Crippen molar-refractivity contribution in [2.24, 2.45) is 0 Å². The first-order chi connectivity index (χ1) is 8.49. The molecule has 6 nitrogen and oxygen atoms in total. The van der Waals surface area contributed by atoms with Crippen LogP contribution in [0.5, 0.6) is 0 Å². The fraction of sp³-hybridized carbons (Fsp3) is 0.833. The van der Waals surface area contributed by atoms with Crippen molar-refractivity contribution in [1.82, 2.24) is 10.6 Å². The van der Waals surface area contributed by atoms with E-state index in [4.69, 9.17) is 10.2 Å². The van der Waals surface area contributed by atoms with Gasteiger partial charge >= 0.3 is 5.97 Å². The number of hydrogen-bond acceptors (Lipinski definition) is 4. The molecule has 18 heavy (non-hydrogen) atoms. The van der Waals surface area contributed by atoms with Gasteiger partial charge in [-0.25, -0.2) is 4.79 Å². The Morgan fingerprint density at radius 2 is 1.89 bits per heavy atom. The van der Waals surface area contributed by atoms with Crippen molar-refractivity contribution in [2.45, 2.75) is 50.2 Å². The minimum absolute atomic E-state index is 0.170. The van der Waals surface area contributed by atoms with Gasteiger partial charge in [0.15, 0.2) is 6.10 Å². The monoisotopic (exact) mass is 258 g/mol. The van der Waals surface area contributed by atoms with E-state index in [1.807, 2.05) is 7.05 Å². The van der Waals surface area contributed by atoms with E-state index in [1.54, 1.807) is 0 Å². The van der Waals surface area contributed by atoms with Crippen LogP contribution in [0.25, 0.3) is 0 Å². The Hall–Kier alpha value is -1.14. The predicted octanol–water partition coefficient (Wildman–Crippen LogP) is -0.139. The Kier molecular flexibility index (Phi) is 5.55. The fourth-order valence-corrected chi connectivity index (χ4v) is 2.41. The number of nitrogens with one attached hydrogen (secondary N) is 2. The first-order valence-corrected chi connectivity index (χ1v) is 6.35. The Labute approximate surface area is 107 Å². The molecule has 1 saturated carbocycles. The highest BCUT2D eigenvalue weighted by Gasteiger charge is 2.32. The molecular weight excluding hydrogens is 236 g/mol. The van der Waals surface area contributed by atoms with Crippen molar-refractivity contribution in [3.63, 3.8) is 0 Å². The van der Waals surface area contributed by atoms with Crippen molar-refractivity contribution < 1.29 is 19.8 Å². The lowest BCUT2D eigenvalue weighted by Crippen LogP contribution is -2.49. The molecule has 6 heteroatoms. The topological polar surface area (TPSA) is 98.7 Å². The van der Waals surface area contributed by atoms with E-state index < -0.39 is 12.1 Å². The lowest BCUT2D eigenvalue weighted by Gasteiger charge is -2.36. The minimum atomic E-state index is -1.54. The van der Waals surface area contributed by atoms with Crippen LogP contribution in [-0.4, -0.2) is 47.3 Å². The second kappa shape index (κ2) is 6.70. The molecule has 0 radical (unpaired) electrons. The zero-order chi connectivity index (χ0) is 13.6. The zero-order valence-corrected chi connectivity index (χ0v) is 10.7. The highest BCUT2D eigenvalue weighted by molar-refractivity contribution is 5.79. The van der Waals surface area contributed by atoms with Crippen LogP contribution in [0.1, 0.15) is 38.5 Å². The molecule has 0 spiro atoms. The number of aliphatic hydroxyl groups is 1. The van der Waals surface area contributed by atoms with Crippen molar-refractivity contribution in [2.75, 3.05) is 13.6 Å². The van der Waals surface area contributed by atoms with Crippen LogP contribution in [0.2, 0.25) is 0 Å². The Morgan fingerprint density at radius 3 is 2.39 bits per heavy atom. The van der Waals surface area contributed by atoms with Gasteiger partial charge in [-0.3, -0.25) is 4.79 Å². The smallest absolute Gasteiger partial charge is 0.334 e. The second-order valence-electron chi connectivity index (χ2n) is 4.93. The van der Waals surface area contributed by atoms with Crippen LogP contribution < -0.4 is 10.6 Å². The summed E-state index contributed by atoms with van der Waals surface area (Å²) in [5, 5.41) is 23.3. The average Bonchev–Trinajstić information content (AvgIpc) is 2.36. The molecule has 1 atom stereocenters. The minimum Gasteiger partial charge on any atom is -0.479 e. The Bertz CT molecular complexity index is 300. The van der Waals surface area contributed by atoms with E-state index in [2.05, 4.69) is 10.6 Å². The molecule has 1 aliphatic carbocycles. The molecule has 0 aromatic carbocycles. The molecule has 0 aromatic heterocycles. The molecule has 1 rings (SSSR count). The molecule has 4 N–H and O–H groups in total. The first-order valence-electron chi connectivity index (χ1n) is 6.35. The molecule has 0 heterocycles. The van der Waals surface area contributed by atoms with Gasteiger partial charge in [-0.15, -0.1) is 0 Å². The van der Waals surface area contributed by atoms with Crippen LogP contribution in [0.15, 0.2) is 0 Å². The van der Waals surface area contributed by atoms with Crippen LogP contribution in [-0.2, 0) is 9.59 Å². The lowest BCUT2D eigenvalue weighted by molar-refractivity contribution is -0.146. The molecule has 104 valence electrons. The largest absolute Gasteiger partial charge is 0.479 e. The molecule has 1 amide bonds. The van der Waals surface area contributed by atoms with Gasteiger partial charge in [0.2, 0.25) is 5.91 Å². The standard InChI is InChI=1S/C12H22N2O4/c1-13-12(5-3-2-4-6-12)7-10(16)14-8-9(15)11(17)18/h9,13,15H,2-8H2,1H3,(H,14,16)(H,17,18)/t9-/m0/s1. The maximum Gasteiger partial charge on any atom is 0.334 e. The van der Waals surface area contributed by atoms with Crippen LogP contribution >= 0.6 is 0 Å². The summed E-state index contributed by atoms with van der Waals surface area (Å²) in [7, 11) is 1.85. The maximum absolute atomic E-state index is 11.7. The number of amides is 1. The Balaban J connectivity index is 2.40. The summed E-state index contributed by atoms with van der Waals surface area (Å²) >= 11 is 0. The second-order valence-corrected chi connectivity index (χ2v) is 4.93. The predicted molar refractivity (Wildman–Crippen MR) is 66.1 cm³/mol.